The van der Waals surface area contributed by atoms with Crippen LogP contribution in [0.25, 0.3) is 62.9 Å². The molecule has 0 fully saturated rings. The summed E-state index contributed by atoms with van der Waals surface area (Å²) in [6.07, 6.45) is 0. The minimum absolute atomic E-state index is 0.941. The Morgan fingerprint density at radius 2 is 0.667 bits per heavy atom. The first kappa shape index (κ1) is 33.7. The molecule has 0 aliphatic heterocycles. The van der Waals surface area contributed by atoms with Crippen LogP contribution in [-0.2, 0) is 0 Å². The van der Waals surface area contributed by atoms with Gasteiger partial charge in [-0.05, 0) is 95.1 Å². The van der Waals surface area contributed by atoms with Crippen molar-refractivity contribution in [3.8, 4) is 22.3 Å². The normalized spacial score (nSPS) is 11.5. The molecule has 3 aromatic heterocycles. The van der Waals surface area contributed by atoms with Crippen LogP contribution in [0.15, 0.2) is 194 Å². The van der Waals surface area contributed by atoms with Gasteiger partial charge < -0.3 is 0 Å². The first-order valence-electron chi connectivity index (χ1n) is 18.8. The van der Waals surface area contributed by atoms with Crippen molar-refractivity contribution < 1.29 is 0 Å². The molecule has 8 aromatic carbocycles. The standard InChI is InChI=1S/C50H32N4S3/c1-3-11-33(12-4-1)35-19-23-37(24-20-35)53(49-51-43-15-7-9-17-45(43)56-49)39-27-29-41-42-30-28-40(32-48(42)55-47(41)31-39)54(50-52-44-16-8-10-18-46(44)57-50)38-25-21-36(22-26-38)34-13-5-2-6-14-34/h1-32H. The molecule has 11 rings (SSSR count). The number of hydrogen-bond donors (Lipinski definition) is 0. The SMILES string of the molecule is c1ccc(-c2ccc(N(c3ccc4c(c3)sc3cc(N(c5ccc(-c6ccccc6)cc5)c5nc6ccccc6s5)ccc34)c3nc4ccccc4s3)cc2)cc1. The highest BCUT2D eigenvalue weighted by atomic mass is 32.1. The van der Waals surface area contributed by atoms with Gasteiger partial charge in [-0.25, -0.2) is 9.97 Å². The lowest BCUT2D eigenvalue weighted by Gasteiger charge is -2.23. The predicted molar refractivity (Wildman–Crippen MR) is 246 cm³/mol. The zero-order valence-electron chi connectivity index (χ0n) is 30.5. The van der Waals surface area contributed by atoms with Gasteiger partial charge in [-0.3, -0.25) is 9.80 Å². The number of aromatic nitrogens is 2. The van der Waals surface area contributed by atoms with Crippen LogP contribution in [-0.4, -0.2) is 9.97 Å². The molecule has 4 nitrogen and oxygen atoms in total. The van der Waals surface area contributed by atoms with Gasteiger partial charge in [0, 0.05) is 42.9 Å². The Morgan fingerprint density at radius 1 is 0.298 bits per heavy atom. The van der Waals surface area contributed by atoms with Crippen LogP contribution in [0.3, 0.4) is 0 Å². The molecule has 7 heteroatoms. The van der Waals surface area contributed by atoms with Gasteiger partial charge in [0.15, 0.2) is 10.3 Å². The van der Waals surface area contributed by atoms with Gasteiger partial charge in [0.2, 0.25) is 0 Å². The lowest BCUT2D eigenvalue weighted by atomic mass is 10.1. The highest BCUT2D eigenvalue weighted by Gasteiger charge is 2.21. The summed E-state index contributed by atoms with van der Waals surface area (Å²) in [4.78, 5) is 14.9. The third-order valence-corrected chi connectivity index (χ3v) is 13.5. The number of nitrogens with zero attached hydrogens (tertiary/aromatic N) is 4. The molecule has 0 aliphatic rings. The molecule has 0 amide bonds. The van der Waals surface area contributed by atoms with Gasteiger partial charge in [-0.15, -0.1) is 11.3 Å². The van der Waals surface area contributed by atoms with E-state index in [0.717, 1.165) is 44.0 Å². The Hall–Kier alpha value is -6.64. The smallest absolute Gasteiger partial charge is 0.195 e. The van der Waals surface area contributed by atoms with Gasteiger partial charge in [-0.1, -0.05) is 144 Å². The Kier molecular flexibility index (Phi) is 8.35. The molecule has 3 heterocycles. The number of thiophene rings is 1. The molecule has 0 unspecified atom stereocenters. The minimum Gasteiger partial charge on any atom is -0.286 e. The highest BCUT2D eigenvalue weighted by Crippen LogP contribution is 2.46. The second-order valence-electron chi connectivity index (χ2n) is 13.9. The van der Waals surface area contributed by atoms with Gasteiger partial charge in [-0.2, -0.15) is 0 Å². The first-order valence-corrected chi connectivity index (χ1v) is 21.3. The molecular weight excluding hydrogens is 753 g/mol. The molecule has 270 valence electrons. The second kappa shape index (κ2) is 14.1. The lowest BCUT2D eigenvalue weighted by Crippen LogP contribution is -2.09. The lowest BCUT2D eigenvalue weighted by molar-refractivity contribution is 1.25. The van der Waals surface area contributed by atoms with Crippen LogP contribution in [0.1, 0.15) is 0 Å². The number of para-hydroxylation sites is 2. The topological polar surface area (TPSA) is 32.3 Å². The van der Waals surface area contributed by atoms with Crippen molar-refractivity contribution in [3.05, 3.63) is 194 Å². The number of hydrogen-bond acceptors (Lipinski definition) is 7. The molecule has 0 saturated heterocycles. The van der Waals surface area contributed by atoms with Crippen molar-refractivity contribution in [2.24, 2.45) is 0 Å². The van der Waals surface area contributed by atoms with E-state index in [2.05, 4.69) is 204 Å². The molecule has 0 saturated carbocycles. The summed E-state index contributed by atoms with van der Waals surface area (Å²) in [5.41, 5.74) is 11.1. The fraction of sp³-hybridized carbons (Fsp3) is 0. The fourth-order valence-corrected chi connectivity index (χ4v) is 10.7. The van der Waals surface area contributed by atoms with Crippen LogP contribution in [0, 0.1) is 0 Å². The van der Waals surface area contributed by atoms with Crippen LogP contribution < -0.4 is 9.80 Å². The predicted octanol–water partition coefficient (Wildman–Crippen LogP) is 15.5. The molecule has 0 spiro atoms. The molecule has 11 aromatic rings. The average molecular weight is 785 g/mol. The summed E-state index contributed by atoms with van der Waals surface area (Å²) < 4.78 is 4.79. The monoisotopic (exact) mass is 784 g/mol. The first-order chi connectivity index (χ1) is 28.2. The van der Waals surface area contributed by atoms with Crippen molar-refractivity contribution in [3.63, 3.8) is 0 Å². The highest BCUT2D eigenvalue weighted by molar-refractivity contribution is 7.26. The summed E-state index contributed by atoms with van der Waals surface area (Å²) in [6, 6.07) is 69.1. The van der Waals surface area contributed by atoms with E-state index in [0.29, 0.717) is 0 Å². The van der Waals surface area contributed by atoms with Crippen molar-refractivity contribution in [2.45, 2.75) is 0 Å². The van der Waals surface area contributed by atoms with Crippen LogP contribution in [0.2, 0.25) is 0 Å². The Morgan fingerprint density at radius 3 is 1.09 bits per heavy atom. The molecule has 0 aliphatic carbocycles. The van der Waals surface area contributed by atoms with Crippen molar-refractivity contribution in [1.29, 1.82) is 0 Å². The number of fused-ring (bicyclic) bond motifs is 5. The zero-order chi connectivity index (χ0) is 37.7. The maximum Gasteiger partial charge on any atom is 0.195 e. The van der Waals surface area contributed by atoms with Crippen molar-refractivity contribution >= 4 is 108 Å². The molecule has 57 heavy (non-hydrogen) atoms. The van der Waals surface area contributed by atoms with Crippen molar-refractivity contribution in [1.82, 2.24) is 9.97 Å². The number of anilines is 6. The second-order valence-corrected chi connectivity index (χ2v) is 17.0. The summed E-state index contributed by atoms with van der Waals surface area (Å²) in [5, 5.41) is 4.37. The van der Waals surface area contributed by atoms with E-state index < -0.39 is 0 Å². The Bertz CT molecular complexity index is 2900. The van der Waals surface area contributed by atoms with E-state index in [1.807, 2.05) is 11.3 Å². The van der Waals surface area contributed by atoms with E-state index in [1.54, 1.807) is 22.7 Å². The summed E-state index contributed by atoms with van der Waals surface area (Å²) in [5.74, 6) is 0. The summed E-state index contributed by atoms with van der Waals surface area (Å²) in [6.45, 7) is 0. The van der Waals surface area contributed by atoms with E-state index in [4.69, 9.17) is 9.97 Å². The molecular formula is C50H32N4S3. The fourth-order valence-electron chi connectivity index (χ4n) is 7.55. The number of benzene rings is 8. The summed E-state index contributed by atoms with van der Waals surface area (Å²) in [7, 11) is 0. The Labute approximate surface area is 341 Å². The number of rotatable bonds is 8. The minimum atomic E-state index is 0.941. The maximum atomic E-state index is 5.13. The molecule has 0 radical (unpaired) electrons. The quantitative estimate of drug-likeness (QED) is 0.154. The Balaban J connectivity index is 1.01. The van der Waals surface area contributed by atoms with Crippen LogP contribution in [0.5, 0.6) is 0 Å². The van der Waals surface area contributed by atoms with Gasteiger partial charge in [0.1, 0.15) is 0 Å². The van der Waals surface area contributed by atoms with Gasteiger partial charge in [0.05, 0.1) is 20.4 Å². The van der Waals surface area contributed by atoms with Crippen LogP contribution in [0.4, 0.5) is 33.0 Å². The van der Waals surface area contributed by atoms with Crippen molar-refractivity contribution in [2.75, 3.05) is 9.80 Å². The van der Waals surface area contributed by atoms with Gasteiger partial charge >= 0.3 is 0 Å². The van der Waals surface area contributed by atoms with E-state index in [9.17, 15) is 0 Å². The third-order valence-electron chi connectivity index (χ3n) is 10.4. The average Bonchev–Trinajstić information content (AvgIpc) is 4.00. The molecule has 0 atom stereocenters. The largest absolute Gasteiger partial charge is 0.286 e. The van der Waals surface area contributed by atoms with E-state index in [1.165, 1.54) is 51.8 Å². The summed E-state index contributed by atoms with van der Waals surface area (Å²) >= 11 is 5.26. The van der Waals surface area contributed by atoms with Crippen LogP contribution >= 0.6 is 34.0 Å². The number of thiazole rings is 2. The zero-order valence-corrected chi connectivity index (χ0v) is 32.9. The molecule has 0 bridgehead atoms. The van der Waals surface area contributed by atoms with E-state index >= 15 is 0 Å². The third kappa shape index (κ3) is 6.23. The molecule has 0 N–H and O–H groups in total. The van der Waals surface area contributed by atoms with Gasteiger partial charge in [0.25, 0.3) is 0 Å². The maximum absolute atomic E-state index is 5.13. The van der Waals surface area contributed by atoms with E-state index in [-0.39, 0.29) is 0 Å².